The maximum atomic E-state index is 12.9. The van der Waals surface area contributed by atoms with Crippen LogP contribution in [0, 0.1) is 0 Å². The Morgan fingerprint density at radius 1 is 1.09 bits per heavy atom. The van der Waals surface area contributed by atoms with Crippen LogP contribution in [0.25, 0.3) is 0 Å². The molecule has 0 aliphatic heterocycles. The predicted octanol–water partition coefficient (Wildman–Crippen LogP) is 6.84. The molecule has 0 bridgehead atoms. The van der Waals surface area contributed by atoms with Crippen molar-refractivity contribution in [2.45, 2.75) is 13.2 Å². The molecule has 9 heteroatoms. The Labute approximate surface area is 215 Å². The van der Waals surface area contributed by atoms with Crippen LogP contribution in [0.4, 0.5) is 5.69 Å². The van der Waals surface area contributed by atoms with Gasteiger partial charge in [0.25, 0.3) is 5.91 Å². The molecule has 1 aromatic heterocycles. The molecule has 3 aromatic carbocycles. The summed E-state index contributed by atoms with van der Waals surface area (Å²) in [5.74, 6) is 1.08. The largest absolute Gasteiger partial charge is 0.496 e. The van der Waals surface area contributed by atoms with Crippen LogP contribution < -0.4 is 14.8 Å². The van der Waals surface area contributed by atoms with Crippen LogP contribution in [0.5, 0.6) is 11.5 Å². The summed E-state index contributed by atoms with van der Waals surface area (Å²) in [6.45, 7) is 0.636. The lowest BCUT2D eigenvalue weighted by Gasteiger charge is -2.12. The molecule has 0 unspecified atom stereocenters. The summed E-state index contributed by atoms with van der Waals surface area (Å²) in [7, 11) is 1.58. The van der Waals surface area contributed by atoms with Gasteiger partial charge in [-0.15, -0.1) is 0 Å². The second-order valence-corrected chi connectivity index (χ2v) is 9.08. The Hall–Kier alpha value is -3.00. The molecule has 0 radical (unpaired) electrons. The second-order valence-electron chi connectivity index (χ2n) is 7.35. The fourth-order valence-corrected chi connectivity index (χ4v) is 4.07. The summed E-state index contributed by atoms with van der Waals surface area (Å²) in [6.07, 6.45) is 3.29. The number of aromatic nitrogens is 2. The first-order valence-electron chi connectivity index (χ1n) is 10.2. The minimum Gasteiger partial charge on any atom is -0.496 e. The van der Waals surface area contributed by atoms with E-state index in [2.05, 4.69) is 26.3 Å². The number of carbonyl (C=O) groups excluding carboxylic acids is 1. The molecule has 0 aliphatic rings. The molecule has 6 nitrogen and oxygen atoms in total. The zero-order valence-corrected chi connectivity index (χ0v) is 21.2. The van der Waals surface area contributed by atoms with Crippen LogP contribution in [-0.2, 0) is 13.2 Å². The van der Waals surface area contributed by atoms with Crippen molar-refractivity contribution in [3.05, 3.63) is 104 Å². The molecular weight excluding hydrogens is 541 g/mol. The van der Waals surface area contributed by atoms with Crippen molar-refractivity contribution in [2.24, 2.45) is 0 Å². The zero-order valence-electron chi connectivity index (χ0n) is 18.1. The lowest BCUT2D eigenvalue weighted by molar-refractivity contribution is 0.102. The van der Waals surface area contributed by atoms with E-state index in [1.165, 1.54) is 0 Å². The van der Waals surface area contributed by atoms with Gasteiger partial charge >= 0.3 is 0 Å². The van der Waals surface area contributed by atoms with Crippen molar-refractivity contribution >= 4 is 50.7 Å². The molecule has 0 aliphatic carbocycles. The zero-order chi connectivity index (χ0) is 24.1. The molecular formula is C25H20BrCl2N3O3. The number of halogens is 3. The van der Waals surface area contributed by atoms with Crippen LogP contribution in [0.1, 0.15) is 21.5 Å². The number of anilines is 1. The van der Waals surface area contributed by atoms with Crippen molar-refractivity contribution in [1.82, 2.24) is 9.78 Å². The quantitative estimate of drug-likeness (QED) is 0.256. The van der Waals surface area contributed by atoms with Gasteiger partial charge in [0.05, 0.1) is 25.5 Å². The number of nitrogens with zero attached hydrogens (tertiary/aromatic N) is 2. The Kier molecular flexibility index (Phi) is 7.77. The van der Waals surface area contributed by atoms with E-state index in [1.54, 1.807) is 60.6 Å². The number of methoxy groups -OCH3 is 1. The Morgan fingerprint density at radius 3 is 2.53 bits per heavy atom. The van der Waals surface area contributed by atoms with E-state index >= 15 is 0 Å². The van der Waals surface area contributed by atoms with E-state index < -0.39 is 0 Å². The van der Waals surface area contributed by atoms with Crippen molar-refractivity contribution in [1.29, 1.82) is 0 Å². The summed E-state index contributed by atoms with van der Waals surface area (Å²) in [6, 6.07) is 18.1. The van der Waals surface area contributed by atoms with Gasteiger partial charge in [-0.3, -0.25) is 9.48 Å². The van der Waals surface area contributed by atoms with Crippen molar-refractivity contribution in [3.63, 3.8) is 0 Å². The van der Waals surface area contributed by atoms with Gasteiger partial charge in [-0.1, -0.05) is 45.2 Å². The monoisotopic (exact) mass is 559 g/mol. The van der Waals surface area contributed by atoms with E-state index in [0.29, 0.717) is 39.3 Å². The maximum Gasteiger partial charge on any atom is 0.255 e. The van der Waals surface area contributed by atoms with E-state index in [1.807, 2.05) is 24.3 Å². The van der Waals surface area contributed by atoms with Gasteiger partial charge in [0.2, 0.25) is 0 Å². The minimum absolute atomic E-state index is 0.252. The Morgan fingerprint density at radius 2 is 1.82 bits per heavy atom. The fraction of sp³-hybridized carbons (Fsp3) is 0.120. The number of hydrogen-bond acceptors (Lipinski definition) is 4. The molecule has 1 N–H and O–H groups in total. The normalized spacial score (nSPS) is 10.7. The van der Waals surface area contributed by atoms with Crippen LogP contribution in [0.2, 0.25) is 10.0 Å². The first kappa shape index (κ1) is 24.1. The van der Waals surface area contributed by atoms with Gasteiger partial charge in [0.15, 0.2) is 0 Å². The third-order valence-corrected chi connectivity index (χ3v) is 6.26. The Balaban J connectivity index is 1.44. The molecule has 4 aromatic rings. The second kappa shape index (κ2) is 11.0. The first-order chi connectivity index (χ1) is 16.4. The van der Waals surface area contributed by atoms with Crippen LogP contribution in [0.15, 0.2) is 77.5 Å². The van der Waals surface area contributed by atoms with Crippen molar-refractivity contribution in [2.75, 3.05) is 12.4 Å². The predicted molar refractivity (Wildman–Crippen MR) is 137 cm³/mol. The molecule has 4 rings (SSSR count). The van der Waals surface area contributed by atoms with Gasteiger partial charge in [0.1, 0.15) is 18.1 Å². The SMILES string of the molecule is COc1ccc(C(=O)Nc2cnn(Cc3c(Cl)cccc3Cl)c2)cc1COc1ccc(Br)cc1. The van der Waals surface area contributed by atoms with Crippen molar-refractivity contribution in [3.8, 4) is 11.5 Å². The number of hydrogen-bond donors (Lipinski definition) is 1. The molecule has 0 atom stereocenters. The standard InChI is InChI=1S/C25H20BrCl2N3O3/c1-33-24-10-5-16(11-17(24)15-34-20-8-6-18(26)7-9-20)25(32)30-19-12-29-31(13-19)14-21-22(27)3-2-4-23(21)28/h2-13H,14-15H2,1H3,(H,30,32). The molecule has 0 fully saturated rings. The third kappa shape index (κ3) is 5.91. The van der Waals surface area contributed by atoms with E-state index in [4.69, 9.17) is 32.7 Å². The van der Waals surface area contributed by atoms with E-state index in [-0.39, 0.29) is 12.5 Å². The minimum atomic E-state index is -0.275. The summed E-state index contributed by atoms with van der Waals surface area (Å²) >= 11 is 15.9. The van der Waals surface area contributed by atoms with Crippen LogP contribution >= 0.6 is 39.1 Å². The third-order valence-electron chi connectivity index (χ3n) is 5.02. The highest BCUT2D eigenvalue weighted by molar-refractivity contribution is 9.10. The highest BCUT2D eigenvalue weighted by atomic mass is 79.9. The van der Waals surface area contributed by atoms with Gasteiger partial charge in [0, 0.05) is 37.4 Å². The lowest BCUT2D eigenvalue weighted by Crippen LogP contribution is -2.12. The number of amides is 1. The van der Waals surface area contributed by atoms with Gasteiger partial charge in [-0.2, -0.15) is 5.10 Å². The summed E-state index contributed by atoms with van der Waals surface area (Å²) in [4.78, 5) is 12.9. The average molecular weight is 561 g/mol. The smallest absolute Gasteiger partial charge is 0.255 e. The number of ether oxygens (including phenoxy) is 2. The topological polar surface area (TPSA) is 65.4 Å². The van der Waals surface area contributed by atoms with Crippen LogP contribution in [-0.4, -0.2) is 22.8 Å². The first-order valence-corrected chi connectivity index (χ1v) is 11.8. The van der Waals surface area contributed by atoms with Crippen LogP contribution in [0.3, 0.4) is 0 Å². The van der Waals surface area contributed by atoms with Gasteiger partial charge < -0.3 is 14.8 Å². The summed E-state index contributed by atoms with van der Waals surface area (Å²) in [5, 5.41) is 8.28. The summed E-state index contributed by atoms with van der Waals surface area (Å²) < 4.78 is 13.9. The molecule has 0 saturated heterocycles. The van der Waals surface area contributed by atoms with Crippen molar-refractivity contribution < 1.29 is 14.3 Å². The van der Waals surface area contributed by atoms with E-state index in [0.717, 1.165) is 15.6 Å². The molecule has 34 heavy (non-hydrogen) atoms. The highest BCUT2D eigenvalue weighted by Crippen LogP contribution is 2.26. The van der Waals surface area contributed by atoms with E-state index in [9.17, 15) is 4.79 Å². The number of rotatable bonds is 8. The fourth-order valence-electron chi connectivity index (χ4n) is 3.29. The number of benzene rings is 3. The summed E-state index contributed by atoms with van der Waals surface area (Å²) in [5.41, 5.74) is 2.54. The average Bonchev–Trinajstić information content (AvgIpc) is 3.27. The lowest BCUT2D eigenvalue weighted by atomic mass is 10.1. The molecule has 1 heterocycles. The molecule has 0 spiro atoms. The highest BCUT2D eigenvalue weighted by Gasteiger charge is 2.13. The van der Waals surface area contributed by atoms with Gasteiger partial charge in [-0.25, -0.2) is 0 Å². The van der Waals surface area contributed by atoms with Gasteiger partial charge in [-0.05, 0) is 54.6 Å². The number of carbonyl (C=O) groups is 1. The maximum absolute atomic E-state index is 12.9. The number of nitrogens with one attached hydrogen (secondary N) is 1. The Bertz CT molecular complexity index is 1290. The molecule has 1 amide bonds. The molecule has 174 valence electrons. The molecule has 0 saturated carbocycles.